The van der Waals surface area contributed by atoms with E-state index in [1.54, 1.807) is 18.2 Å². The molecule has 8 heteroatoms. The molecule has 2 amide bonds. The summed E-state index contributed by atoms with van der Waals surface area (Å²) in [5, 5.41) is 5.91. The van der Waals surface area contributed by atoms with E-state index < -0.39 is 6.04 Å². The Morgan fingerprint density at radius 3 is 2.38 bits per heavy atom. The van der Waals surface area contributed by atoms with Crippen LogP contribution in [0.5, 0.6) is 5.75 Å². The monoisotopic (exact) mass is 626 g/mol. The predicted molar refractivity (Wildman–Crippen MR) is 161 cm³/mol. The molecule has 202 valence electrons. The maximum absolute atomic E-state index is 13.8. The molecule has 0 aliphatic heterocycles. The van der Waals surface area contributed by atoms with E-state index in [9.17, 15) is 9.59 Å². The number of ether oxygens (including phenoxy) is 1. The molecule has 0 spiro atoms. The highest BCUT2D eigenvalue weighted by atomic mass is 79.9. The topological polar surface area (TPSA) is 58.6 Å². The van der Waals surface area contributed by atoms with E-state index in [2.05, 4.69) is 21.2 Å². The Hall–Kier alpha value is -3.06. The van der Waals surface area contributed by atoms with Crippen molar-refractivity contribution >= 4 is 61.7 Å². The van der Waals surface area contributed by atoms with Gasteiger partial charge in [-0.2, -0.15) is 0 Å². The summed E-state index contributed by atoms with van der Waals surface area (Å²) in [5.74, 6) is -0.0575. The van der Waals surface area contributed by atoms with Gasteiger partial charge in [-0.3, -0.25) is 9.59 Å². The van der Waals surface area contributed by atoms with Crippen LogP contribution in [0, 0.1) is 0 Å². The Morgan fingerprint density at radius 1 is 0.949 bits per heavy atom. The summed E-state index contributed by atoms with van der Waals surface area (Å²) in [4.78, 5) is 28.9. The lowest BCUT2D eigenvalue weighted by Gasteiger charge is -2.32. The number of carbonyl (C=O) groups excluding carboxylic acids is 2. The molecule has 4 rings (SSSR count). The van der Waals surface area contributed by atoms with Crippen molar-refractivity contribution in [1.82, 2.24) is 10.2 Å². The first kappa shape index (κ1) is 28.9. The Morgan fingerprint density at radius 2 is 1.67 bits per heavy atom. The second kappa shape index (κ2) is 13.3. The van der Waals surface area contributed by atoms with Crippen molar-refractivity contribution in [2.45, 2.75) is 38.9 Å². The first-order chi connectivity index (χ1) is 18.7. The summed E-state index contributed by atoms with van der Waals surface area (Å²) in [5.41, 5.74) is 1.61. The second-order valence-corrected chi connectivity index (χ2v) is 11.2. The van der Waals surface area contributed by atoms with Crippen molar-refractivity contribution in [2.75, 3.05) is 6.61 Å². The molecule has 1 unspecified atom stereocenters. The average molecular weight is 628 g/mol. The molecule has 5 nitrogen and oxygen atoms in total. The van der Waals surface area contributed by atoms with Crippen LogP contribution >= 0.6 is 39.1 Å². The molecule has 0 fully saturated rings. The number of hydrogen-bond acceptors (Lipinski definition) is 3. The summed E-state index contributed by atoms with van der Waals surface area (Å²) in [6.07, 6.45) is 0.329. The van der Waals surface area contributed by atoms with Gasteiger partial charge in [0, 0.05) is 29.1 Å². The lowest BCUT2D eigenvalue weighted by Crippen LogP contribution is -2.52. The molecule has 0 radical (unpaired) electrons. The number of benzene rings is 4. The molecule has 0 saturated carbocycles. The summed E-state index contributed by atoms with van der Waals surface area (Å²) >= 11 is 16.2. The number of carbonyl (C=O) groups is 2. The Kier molecular flexibility index (Phi) is 9.89. The number of nitrogens with zero attached hydrogens (tertiary/aromatic N) is 1. The number of fused-ring (bicyclic) bond motifs is 1. The van der Waals surface area contributed by atoms with Gasteiger partial charge in [0.05, 0.1) is 4.47 Å². The van der Waals surface area contributed by atoms with Gasteiger partial charge in [-0.25, -0.2) is 0 Å². The largest absolute Gasteiger partial charge is 0.483 e. The van der Waals surface area contributed by atoms with Crippen LogP contribution in [-0.2, 0) is 22.6 Å². The molecule has 0 aliphatic carbocycles. The molecule has 1 N–H and O–H groups in total. The van der Waals surface area contributed by atoms with Crippen LogP contribution in [0.25, 0.3) is 10.8 Å². The van der Waals surface area contributed by atoms with Crippen molar-refractivity contribution in [1.29, 1.82) is 0 Å². The quantitative estimate of drug-likeness (QED) is 0.199. The highest BCUT2D eigenvalue weighted by Crippen LogP contribution is 2.33. The van der Waals surface area contributed by atoms with Gasteiger partial charge in [0.25, 0.3) is 5.91 Å². The zero-order valence-electron chi connectivity index (χ0n) is 21.7. The van der Waals surface area contributed by atoms with E-state index in [-0.39, 0.29) is 31.0 Å². The number of halogens is 3. The predicted octanol–water partition coefficient (Wildman–Crippen LogP) is 7.45. The van der Waals surface area contributed by atoms with E-state index >= 15 is 0 Å². The molecular weight excluding hydrogens is 599 g/mol. The summed E-state index contributed by atoms with van der Waals surface area (Å²) in [6, 6.07) is 25.5. The Balaban J connectivity index is 1.66. The normalized spacial score (nSPS) is 11.8. The zero-order valence-corrected chi connectivity index (χ0v) is 24.8. The van der Waals surface area contributed by atoms with Crippen LogP contribution in [0.4, 0.5) is 0 Å². The first-order valence-electron chi connectivity index (χ1n) is 12.6. The van der Waals surface area contributed by atoms with Crippen LogP contribution in [0.3, 0.4) is 0 Å². The lowest BCUT2D eigenvalue weighted by molar-refractivity contribution is -0.143. The van der Waals surface area contributed by atoms with E-state index in [1.807, 2.05) is 80.6 Å². The summed E-state index contributed by atoms with van der Waals surface area (Å²) in [7, 11) is 0. The number of nitrogens with one attached hydrogen (secondary N) is 1. The van der Waals surface area contributed by atoms with Crippen LogP contribution in [0.15, 0.2) is 89.4 Å². The molecule has 4 aromatic rings. The molecule has 0 heterocycles. The average Bonchev–Trinajstić information content (AvgIpc) is 2.91. The third-order valence-electron chi connectivity index (χ3n) is 6.24. The molecule has 0 aliphatic rings. The van der Waals surface area contributed by atoms with Crippen LogP contribution < -0.4 is 10.1 Å². The van der Waals surface area contributed by atoms with Crippen LogP contribution in [0.1, 0.15) is 25.0 Å². The van der Waals surface area contributed by atoms with Gasteiger partial charge >= 0.3 is 0 Å². The molecule has 0 saturated heterocycles. The molecule has 0 aromatic heterocycles. The van der Waals surface area contributed by atoms with Crippen LogP contribution in [0.2, 0.25) is 10.0 Å². The number of amides is 2. The minimum absolute atomic E-state index is 0.100. The SMILES string of the molecule is CC(C)NC(=O)C(Cc1ccccc1)N(Cc1ccc(Cl)cc1Cl)C(=O)COc1ccc2ccccc2c1Br. The third-order valence-corrected chi connectivity index (χ3v) is 7.64. The zero-order chi connectivity index (χ0) is 27.9. The maximum atomic E-state index is 13.8. The van der Waals surface area contributed by atoms with Gasteiger partial charge in [-0.15, -0.1) is 0 Å². The van der Waals surface area contributed by atoms with Gasteiger partial charge in [-0.05, 0) is 69.9 Å². The number of hydrogen-bond donors (Lipinski definition) is 1. The molecule has 0 bridgehead atoms. The fraction of sp³-hybridized carbons (Fsp3) is 0.226. The van der Waals surface area contributed by atoms with Crippen molar-refractivity contribution in [2.24, 2.45) is 0 Å². The molecule has 39 heavy (non-hydrogen) atoms. The maximum Gasteiger partial charge on any atom is 0.261 e. The molecule has 4 aromatic carbocycles. The highest BCUT2D eigenvalue weighted by molar-refractivity contribution is 9.10. The van der Waals surface area contributed by atoms with Crippen molar-refractivity contribution in [3.63, 3.8) is 0 Å². The standard InChI is InChI=1S/C31H29BrCl2N2O3/c1-20(2)35-31(38)27(16-21-8-4-3-5-9-21)36(18-23-12-14-24(33)17-26(23)34)29(37)19-39-28-15-13-22-10-6-7-11-25(22)30(28)32/h3-15,17,20,27H,16,18-19H2,1-2H3,(H,35,38). The lowest BCUT2D eigenvalue weighted by atomic mass is 10.0. The van der Waals surface area contributed by atoms with Crippen molar-refractivity contribution in [3.8, 4) is 5.75 Å². The smallest absolute Gasteiger partial charge is 0.261 e. The van der Waals surface area contributed by atoms with Crippen molar-refractivity contribution in [3.05, 3.63) is 111 Å². The van der Waals surface area contributed by atoms with E-state index in [1.165, 1.54) is 4.90 Å². The van der Waals surface area contributed by atoms with Gasteiger partial charge in [-0.1, -0.05) is 89.9 Å². The van der Waals surface area contributed by atoms with Crippen molar-refractivity contribution < 1.29 is 14.3 Å². The molecule has 1 atom stereocenters. The second-order valence-electron chi connectivity index (χ2n) is 9.51. The Bertz CT molecular complexity index is 1460. The fourth-order valence-corrected chi connectivity index (χ4v) is 5.39. The minimum atomic E-state index is -0.794. The Labute approximate surface area is 247 Å². The van der Waals surface area contributed by atoms with Gasteiger partial charge < -0.3 is 15.0 Å². The fourth-order valence-electron chi connectivity index (χ4n) is 4.32. The van der Waals surface area contributed by atoms with Gasteiger partial charge in [0.1, 0.15) is 11.8 Å². The first-order valence-corrected chi connectivity index (χ1v) is 14.2. The van der Waals surface area contributed by atoms with Gasteiger partial charge in [0.2, 0.25) is 5.91 Å². The summed E-state index contributed by atoms with van der Waals surface area (Å²) < 4.78 is 6.78. The minimum Gasteiger partial charge on any atom is -0.483 e. The van der Waals surface area contributed by atoms with Crippen LogP contribution in [-0.4, -0.2) is 35.4 Å². The van der Waals surface area contributed by atoms with E-state index in [0.29, 0.717) is 27.8 Å². The third kappa shape index (κ3) is 7.53. The number of rotatable bonds is 10. The molecular formula is C31H29BrCl2N2O3. The van der Waals surface area contributed by atoms with E-state index in [4.69, 9.17) is 27.9 Å². The summed E-state index contributed by atoms with van der Waals surface area (Å²) in [6.45, 7) is 3.63. The van der Waals surface area contributed by atoms with E-state index in [0.717, 1.165) is 20.8 Å². The highest BCUT2D eigenvalue weighted by Gasteiger charge is 2.31. The van der Waals surface area contributed by atoms with Gasteiger partial charge in [0.15, 0.2) is 6.61 Å².